The third-order valence-corrected chi connectivity index (χ3v) is 4.45. The van der Waals surface area contributed by atoms with Crippen LogP contribution in [0.2, 0.25) is 0 Å². The fourth-order valence-electron chi connectivity index (χ4n) is 3.31. The topological polar surface area (TPSA) is 74.6 Å². The Bertz CT molecular complexity index is 422. The second kappa shape index (κ2) is 6.18. The first-order valence-corrected chi connectivity index (χ1v) is 7.35. The Morgan fingerprint density at radius 1 is 1.25 bits per heavy atom. The fourth-order valence-corrected chi connectivity index (χ4v) is 3.31. The van der Waals surface area contributed by atoms with Gasteiger partial charge >= 0.3 is 0 Å². The number of aliphatic hydroxyl groups is 2. The molecule has 1 aromatic heterocycles. The monoisotopic (exact) mass is 278 g/mol. The highest BCUT2D eigenvalue weighted by Gasteiger charge is 2.43. The van der Waals surface area contributed by atoms with E-state index in [4.69, 9.17) is 4.74 Å². The summed E-state index contributed by atoms with van der Waals surface area (Å²) in [5.41, 5.74) is 1.08. The Morgan fingerprint density at radius 2 is 2.05 bits per heavy atom. The van der Waals surface area contributed by atoms with E-state index >= 15 is 0 Å². The summed E-state index contributed by atoms with van der Waals surface area (Å²) < 4.78 is 5.36. The highest BCUT2D eigenvalue weighted by atomic mass is 16.5. The van der Waals surface area contributed by atoms with E-state index in [1.165, 1.54) is 0 Å². The smallest absolute Gasteiger partial charge is 0.0957 e. The largest absolute Gasteiger partial charge is 0.390 e. The van der Waals surface area contributed by atoms with Gasteiger partial charge in [-0.05, 0) is 30.9 Å². The number of hydrogen-bond donors (Lipinski definition) is 3. The van der Waals surface area contributed by atoms with Gasteiger partial charge in [-0.3, -0.25) is 4.98 Å². The highest BCUT2D eigenvalue weighted by molar-refractivity contribution is 5.21. The zero-order chi connectivity index (χ0) is 13.9. The number of pyridine rings is 1. The number of ether oxygens (including phenoxy) is 1. The Morgan fingerprint density at radius 3 is 2.75 bits per heavy atom. The highest BCUT2D eigenvalue weighted by Crippen LogP contribution is 2.35. The second-order valence-corrected chi connectivity index (χ2v) is 5.77. The van der Waals surface area contributed by atoms with E-state index in [1.807, 2.05) is 18.3 Å². The van der Waals surface area contributed by atoms with Crippen LogP contribution in [0.4, 0.5) is 0 Å². The molecule has 0 amide bonds. The minimum absolute atomic E-state index is 0.108. The maximum absolute atomic E-state index is 10.3. The van der Waals surface area contributed by atoms with E-state index in [0.717, 1.165) is 31.6 Å². The minimum Gasteiger partial charge on any atom is -0.390 e. The molecule has 0 spiro atoms. The molecule has 0 bridgehead atoms. The molecule has 0 aromatic carbocycles. The van der Waals surface area contributed by atoms with Gasteiger partial charge < -0.3 is 20.3 Å². The van der Waals surface area contributed by atoms with Gasteiger partial charge in [0.2, 0.25) is 0 Å². The quantitative estimate of drug-likeness (QED) is 0.747. The number of hydrogen-bond acceptors (Lipinski definition) is 5. The SMILES string of the molecule is OC1CC(c2cccnc2)C(NC2CCOCC2)C1O. The van der Waals surface area contributed by atoms with Crippen LogP contribution in [0.1, 0.15) is 30.7 Å². The molecule has 3 rings (SSSR count). The van der Waals surface area contributed by atoms with Crippen LogP contribution in [0.25, 0.3) is 0 Å². The molecule has 110 valence electrons. The molecular formula is C15H22N2O3. The standard InChI is InChI=1S/C15H22N2O3/c18-13-8-12(10-2-1-5-16-9-10)14(15(13)19)17-11-3-6-20-7-4-11/h1-2,5,9,11-15,17-19H,3-4,6-8H2. The molecule has 1 aromatic rings. The molecule has 4 atom stereocenters. The van der Waals surface area contributed by atoms with Gasteiger partial charge in [0.1, 0.15) is 0 Å². The minimum atomic E-state index is -0.719. The summed E-state index contributed by atoms with van der Waals surface area (Å²) in [4.78, 5) is 4.15. The van der Waals surface area contributed by atoms with Gasteiger partial charge in [0.15, 0.2) is 0 Å². The molecule has 1 aliphatic heterocycles. The zero-order valence-electron chi connectivity index (χ0n) is 11.5. The van der Waals surface area contributed by atoms with Crippen LogP contribution in [0, 0.1) is 0 Å². The van der Waals surface area contributed by atoms with Crippen LogP contribution in [0.5, 0.6) is 0 Å². The van der Waals surface area contributed by atoms with E-state index < -0.39 is 12.2 Å². The number of aromatic nitrogens is 1. The maximum Gasteiger partial charge on any atom is 0.0957 e. The summed E-state index contributed by atoms with van der Waals surface area (Å²) in [6.07, 6.45) is 4.67. The number of rotatable bonds is 3. The first kappa shape index (κ1) is 13.9. The molecule has 2 heterocycles. The van der Waals surface area contributed by atoms with Crippen molar-refractivity contribution in [2.75, 3.05) is 13.2 Å². The number of aliphatic hydroxyl groups excluding tert-OH is 2. The molecule has 1 aliphatic carbocycles. The molecule has 2 aliphatic rings. The van der Waals surface area contributed by atoms with E-state index in [0.29, 0.717) is 12.5 Å². The third kappa shape index (κ3) is 2.86. The Kier molecular flexibility index (Phi) is 4.31. The number of nitrogens with one attached hydrogen (secondary N) is 1. The molecule has 5 heteroatoms. The third-order valence-electron chi connectivity index (χ3n) is 4.45. The molecule has 0 radical (unpaired) electrons. The summed E-state index contributed by atoms with van der Waals surface area (Å²) in [6.45, 7) is 1.53. The van der Waals surface area contributed by atoms with Crippen molar-refractivity contribution in [3.8, 4) is 0 Å². The van der Waals surface area contributed by atoms with Crippen molar-refractivity contribution in [3.63, 3.8) is 0 Å². The Balaban J connectivity index is 1.74. The zero-order valence-corrected chi connectivity index (χ0v) is 11.5. The summed E-state index contributed by atoms with van der Waals surface area (Å²) in [5, 5.41) is 23.8. The summed E-state index contributed by atoms with van der Waals surface area (Å²) >= 11 is 0. The van der Waals surface area contributed by atoms with Gasteiger partial charge in [0.05, 0.1) is 12.2 Å². The van der Waals surface area contributed by atoms with Crippen LogP contribution in [-0.4, -0.2) is 52.7 Å². The van der Waals surface area contributed by atoms with Gasteiger partial charge in [-0.25, -0.2) is 0 Å². The average molecular weight is 278 g/mol. The predicted octanol–water partition coefficient (Wildman–Crippen LogP) is 0.428. The predicted molar refractivity (Wildman–Crippen MR) is 74.4 cm³/mol. The molecule has 1 saturated heterocycles. The summed E-state index contributed by atoms with van der Waals surface area (Å²) in [7, 11) is 0. The lowest BCUT2D eigenvalue weighted by molar-refractivity contribution is 0.0205. The molecule has 5 nitrogen and oxygen atoms in total. The molecule has 20 heavy (non-hydrogen) atoms. The van der Waals surface area contributed by atoms with E-state index in [9.17, 15) is 10.2 Å². The van der Waals surface area contributed by atoms with Crippen LogP contribution in [0.15, 0.2) is 24.5 Å². The van der Waals surface area contributed by atoms with Crippen molar-refractivity contribution < 1.29 is 14.9 Å². The van der Waals surface area contributed by atoms with Gasteiger partial charge in [-0.1, -0.05) is 6.07 Å². The van der Waals surface area contributed by atoms with Crippen molar-refractivity contribution >= 4 is 0 Å². The van der Waals surface area contributed by atoms with Crippen molar-refractivity contribution in [1.29, 1.82) is 0 Å². The van der Waals surface area contributed by atoms with Crippen LogP contribution < -0.4 is 5.32 Å². The van der Waals surface area contributed by atoms with Gasteiger partial charge in [0, 0.05) is 43.6 Å². The van der Waals surface area contributed by atoms with Crippen molar-refractivity contribution in [2.24, 2.45) is 0 Å². The van der Waals surface area contributed by atoms with Crippen LogP contribution in [-0.2, 0) is 4.74 Å². The summed E-state index contributed by atoms with van der Waals surface area (Å²) in [5.74, 6) is 0.108. The normalized spacial score (nSPS) is 35.3. The second-order valence-electron chi connectivity index (χ2n) is 5.77. The van der Waals surface area contributed by atoms with Crippen LogP contribution >= 0.6 is 0 Å². The molecule has 2 fully saturated rings. The van der Waals surface area contributed by atoms with E-state index in [1.54, 1.807) is 6.20 Å². The number of nitrogens with zero attached hydrogens (tertiary/aromatic N) is 1. The molecule has 1 saturated carbocycles. The Labute approximate surface area is 119 Å². The van der Waals surface area contributed by atoms with Gasteiger partial charge in [0.25, 0.3) is 0 Å². The summed E-state index contributed by atoms with van der Waals surface area (Å²) in [6, 6.07) is 4.16. The average Bonchev–Trinajstić information content (AvgIpc) is 2.78. The fraction of sp³-hybridized carbons (Fsp3) is 0.667. The van der Waals surface area contributed by atoms with Gasteiger partial charge in [-0.15, -0.1) is 0 Å². The molecule has 4 unspecified atom stereocenters. The van der Waals surface area contributed by atoms with Crippen LogP contribution in [0.3, 0.4) is 0 Å². The van der Waals surface area contributed by atoms with Crippen molar-refractivity contribution in [3.05, 3.63) is 30.1 Å². The lowest BCUT2D eigenvalue weighted by Gasteiger charge is -2.31. The lowest BCUT2D eigenvalue weighted by Crippen LogP contribution is -2.48. The first-order valence-electron chi connectivity index (χ1n) is 7.35. The van der Waals surface area contributed by atoms with E-state index in [-0.39, 0.29) is 12.0 Å². The Hall–Kier alpha value is -1.01. The van der Waals surface area contributed by atoms with Crippen molar-refractivity contribution in [2.45, 2.75) is 49.5 Å². The molecule has 3 N–H and O–H groups in total. The molecular weight excluding hydrogens is 256 g/mol. The van der Waals surface area contributed by atoms with E-state index in [2.05, 4.69) is 10.3 Å². The van der Waals surface area contributed by atoms with Crippen molar-refractivity contribution in [1.82, 2.24) is 10.3 Å². The first-order chi connectivity index (χ1) is 9.75. The van der Waals surface area contributed by atoms with Gasteiger partial charge in [-0.2, -0.15) is 0 Å². The maximum atomic E-state index is 10.3. The lowest BCUT2D eigenvalue weighted by atomic mass is 9.93.